The lowest BCUT2D eigenvalue weighted by molar-refractivity contribution is 0.284. The SMILES string of the molecule is C[C@@H]1CNCCN1S(=O)(=O)c1ccccc1Cl.Cl. The molecule has 0 saturated carbocycles. The van der Waals surface area contributed by atoms with Gasteiger partial charge in [-0.3, -0.25) is 0 Å². The molecule has 1 aromatic carbocycles. The van der Waals surface area contributed by atoms with E-state index >= 15 is 0 Å². The highest BCUT2D eigenvalue weighted by Crippen LogP contribution is 2.25. The van der Waals surface area contributed by atoms with Gasteiger partial charge in [-0.15, -0.1) is 12.4 Å². The highest BCUT2D eigenvalue weighted by molar-refractivity contribution is 7.89. The van der Waals surface area contributed by atoms with E-state index in [0.717, 1.165) is 0 Å². The number of benzene rings is 1. The summed E-state index contributed by atoms with van der Waals surface area (Å²) in [6.07, 6.45) is 0. The van der Waals surface area contributed by atoms with Crippen LogP contribution in [0.3, 0.4) is 0 Å². The van der Waals surface area contributed by atoms with Gasteiger partial charge in [0.1, 0.15) is 4.90 Å². The molecule has 0 radical (unpaired) electrons. The Bertz CT molecular complexity index is 508. The Morgan fingerprint density at radius 3 is 2.67 bits per heavy atom. The Hall–Kier alpha value is -0.330. The molecule has 1 saturated heterocycles. The van der Waals surface area contributed by atoms with Crippen molar-refractivity contribution in [1.29, 1.82) is 0 Å². The van der Waals surface area contributed by atoms with E-state index in [-0.39, 0.29) is 28.4 Å². The van der Waals surface area contributed by atoms with Crippen molar-refractivity contribution < 1.29 is 8.42 Å². The number of halogens is 2. The van der Waals surface area contributed by atoms with Gasteiger partial charge in [0, 0.05) is 25.7 Å². The molecule has 0 bridgehead atoms. The average molecular weight is 311 g/mol. The van der Waals surface area contributed by atoms with Crippen LogP contribution in [0.5, 0.6) is 0 Å². The quantitative estimate of drug-likeness (QED) is 0.905. The highest BCUT2D eigenvalue weighted by atomic mass is 35.5. The molecular formula is C11H16Cl2N2O2S. The molecule has 18 heavy (non-hydrogen) atoms. The lowest BCUT2D eigenvalue weighted by atomic mass is 10.3. The average Bonchev–Trinajstić information content (AvgIpc) is 2.29. The molecule has 7 heteroatoms. The van der Waals surface area contributed by atoms with Crippen LogP contribution in [0.1, 0.15) is 6.92 Å². The van der Waals surface area contributed by atoms with Crippen molar-refractivity contribution in [2.75, 3.05) is 19.6 Å². The standard InChI is InChI=1S/C11H15ClN2O2S.ClH/c1-9-8-13-6-7-14(9)17(15,16)11-5-3-2-4-10(11)12;/h2-5,9,13H,6-8H2,1H3;1H/t9-;/m1./s1. The predicted molar refractivity (Wildman–Crippen MR) is 74.9 cm³/mol. The van der Waals surface area contributed by atoms with Crippen LogP contribution in [0.15, 0.2) is 29.2 Å². The Morgan fingerprint density at radius 2 is 2.06 bits per heavy atom. The van der Waals surface area contributed by atoms with Crippen LogP contribution in [0.2, 0.25) is 5.02 Å². The Balaban J connectivity index is 0.00000162. The number of nitrogens with zero attached hydrogens (tertiary/aromatic N) is 1. The van der Waals surface area contributed by atoms with Gasteiger partial charge in [0.25, 0.3) is 0 Å². The van der Waals surface area contributed by atoms with Gasteiger partial charge in [0.05, 0.1) is 5.02 Å². The van der Waals surface area contributed by atoms with Gasteiger partial charge in [0.15, 0.2) is 0 Å². The number of hydrogen-bond acceptors (Lipinski definition) is 3. The topological polar surface area (TPSA) is 49.4 Å². The summed E-state index contributed by atoms with van der Waals surface area (Å²) in [5.41, 5.74) is 0. The van der Waals surface area contributed by atoms with Crippen molar-refractivity contribution in [3.63, 3.8) is 0 Å². The second-order valence-electron chi connectivity index (χ2n) is 4.10. The summed E-state index contributed by atoms with van der Waals surface area (Å²) in [4.78, 5) is 0.190. The number of rotatable bonds is 2. The molecule has 102 valence electrons. The molecule has 0 aromatic heterocycles. The largest absolute Gasteiger partial charge is 0.314 e. The van der Waals surface area contributed by atoms with E-state index in [2.05, 4.69) is 5.32 Å². The van der Waals surface area contributed by atoms with Crippen molar-refractivity contribution >= 4 is 34.0 Å². The van der Waals surface area contributed by atoms with Gasteiger partial charge in [-0.2, -0.15) is 4.31 Å². The van der Waals surface area contributed by atoms with Crippen molar-refractivity contribution in [3.8, 4) is 0 Å². The van der Waals surface area contributed by atoms with Gasteiger partial charge < -0.3 is 5.32 Å². The first-order valence-corrected chi connectivity index (χ1v) is 7.32. The molecule has 0 aliphatic carbocycles. The zero-order chi connectivity index (χ0) is 12.5. The fraction of sp³-hybridized carbons (Fsp3) is 0.455. The van der Waals surface area contributed by atoms with Gasteiger partial charge >= 0.3 is 0 Å². The van der Waals surface area contributed by atoms with Crippen LogP contribution in [0, 0.1) is 0 Å². The minimum Gasteiger partial charge on any atom is -0.314 e. The normalized spacial score (nSPS) is 21.3. The molecule has 1 fully saturated rings. The molecule has 2 rings (SSSR count). The summed E-state index contributed by atoms with van der Waals surface area (Å²) in [5, 5.41) is 3.44. The zero-order valence-corrected chi connectivity index (χ0v) is 12.4. The van der Waals surface area contributed by atoms with E-state index in [1.54, 1.807) is 24.3 Å². The van der Waals surface area contributed by atoms with Crippen molar-refractivity contribution in [2.24, 2.45) is 0 Å². The maximum atomic E-state index is 12.4. The molecule has 1 heterocycles. The predicted octanol–water partition coefficient (Wildman–Crippen LogP) is 1.74. The lowest BCUT2D eigenvalue weighted by Gasteiger charge is -2.33. The third-order valence-electron chi connectivity index (χ3n) is 2.86. The minimum absolute atomic E-state index is 0. The van der Waals surface area contributed by atoms with E-state index in [0.29, 0.717) is 19.6 Å². The van der Waals surface area contributed by atoms with Crippen LogP contribution in [0.25, 0.3) is 0 Å². The van der Waals surface area contributed by atoms with E-state index in [1.807, 2.05) is 6.92 Å². The molecule has 1 aromatic rings. The fourth-order valence-corrected chi connectivity index (χ4v) is 4.09. The van der Waals surface area contributed by atoms with Gasteiger partial charge in [0.2, 0.25) is 10.0 Å². The van der Waals surface area contributed by atoms with Crippen molar-refractivity contribution in [1.82, 2.24) is 9.62 Å². The molecule has 0 amide bonds. The summed E-state index contributed by atoms with van der Waals surface area (Å²) >= 11 is 5.95. The molecule has 4 nitrogen and oxygen atoms in total. The number of sulfonamides is 1. The lowest BCUT2D eigenvalue weighted by Crippen LogP contribution is -2.52. The van der Waals surface area contributed by atoms with Gasteiger partial charge in [-0.1, -0.05) is 23.7 Å². The van der Waals surface area contributed by atoms with Crippen LogP contribution in [-0.2, 0) is 10.0 Å². The van der Waals surface area contributed by atoms with E-state index in [4.69, 9.17) is 11.6 Å². The van der Waals surface area contributed by atoms with Crippen LogP contribution >= 0.6 is 24.0 Å². The second-order valence-corrected chi connectivity index (χ2v) is 6.37. The molecule has 1 N–H and O–H groups in total. The molecule has 1 atom stereocenters. The third-order valence-corrected chi connectivity index (χ3v) is 5.38. The summed E-state index contributed by atoms with van der Waals surface area (Å²) in [5.74, 6) is 0. The summed E-state index contributed by atoms with van der Waals surface area (Å²) in [6.45, 7) is 3.72. The van der Waals surface area contributed by atoms with Crippen molar-refractivity contribution in [2.45, 2.75) is 17.9 Å². The van der Waals surface area contributed by atoms with Gasteiger partial charge in [-0.25, -0.2) is 8.42 Å². The molecule has 0 unspecified atom stereocenters. The number of nitrogens with one attached hydrogen (secondary N) is 1. The smallest absolute Gasteiger partial charge is 0.244 e. The summed E-state index contributed by atoms with van der Waals surface area (Å²) < 4.78 is 26.4. The Morgan fingerprint density at radius 1 is 1.39 bits per heavy atom. The maximum absolute atomic E-state index is 12.4. The van der Waals surface area contributed by atoms with Crippen LogP contribution in [-0.4, -0.2) is 38.4 Å². The first-order chi connectivity index (χ1) is 8.03. The number of hydrogen-bond donors (Lipinski definition) is 1. The first kappa shape index (κ1) is 15.7. The summed E-state index contributed by atoms with van der Waals surface area (Å²) in [7, 11) is -3.48. The maximum Gasteiger partial charge on any atom is 0.244 e. The fourth-order valence-electron chi connectivity index (χ4n) is 1.96. The van der Waals surface area contributed by atoms with Crippen LogP contribution in [0.4, 0.5) is 0 Å². The molecule has 1 aliphatic heterocycles. The number of piperazine rings is 1. The van der Waals surface area contributed by atoms with E-state index in [9.17, 15) is 8.42 Å². The first-order valence-electron chi connectivity index (χ1n) is 5.50. The third kappa shape index (κ3) is 2.97. The van der Waals surface area contributed by atoms with E-state index in [1.165, 1.54) is 4.31 Å². The van der Waals surface area contributed by atoms with Gasteiger partial charge in [-0.05, 0) is 19.1 Å². The van der Waals surface area contributed by atoms with Crippen molar-refractivity contribution in [3.05, 3.63) is 29.3 Å². The van der Waals surface area contributed by atoms with Crippen LogP contribution < -0.4 is 5.32 Å². The minimum atomic E-state index is -3.48. The van der Waals surface area contributed by atoms with E-state index < -0.39 is 10.0 Å². The molecule has 1 aliphatic rings. The monoisotopic (exact) mass is 310 g/mol. The Labute approximate surface area is 119 Å². The Kier molecular flexibility index (Phi) is 5.43. The highest BCUT2D eigenvalue weighted by Gasteiger charge is 2.31. The summed E-state index contributed by atoms with van der Waals surface area (Å²) in [6, 6.07) is 6.51. The molecular weight excluding hydrogens is 295 g/mol. The molecule has 0 spiro atoms. The second kappa shape index (κ2) is 6.21. The zero-order valence-electron chi connectivity index (χ0n) is 9.97.